The molecule has 2 aromatic rings. The lowest BCUT2D eigenvalue weighted by Crippen LogP contribution is -2.69. The Morgan fingerprint density at radius 3 is 2.29 bits per heavy atom. The molecule has 0 aromatic heterocycles. The topological polar surface area (TPSA) is 89.5 Å². The molecule has 35 heavy (non-hydrogen) atoms. The molecule has 6 rings (SSSR count). The summed E-state index contributed by atoms with van der Waals surface area (Å²) in [5, 5.41) is 0. The second-order valence-electron chi connectivity index (χ2n) is 10.7. The molecule has 1 N–H and O–H groups in total. The number of ether oxygens (including phenoxy) is 1. The number of esters is 1. The summed E-state index contributed by atoms with van der Waals surface area (Å²) in [7, 11) is -1.51. The van der Waals surface area contributed by atoms with E-state index in [0.29, 0.717) is 29.7 Å². The molecule has 180 valence electrons. The number of ketones is 2. The molecular formula is C28H27NO5S. The third-order valence-corrected chi connectivity index (χ3v) is 10.5. The number of carbonyl (C=O) groups is 3. The Labute approximate surface area is 206 Å². The van der Waals surface area contributed by atoms with Gasteiger partial charge in [0, 0.05) is 40.7 Å². The van der Waals surface area contributed by atoms with E-state index in [0.717, 1.165) is 0 Å². The van der Waals surface area contributed by atoms with Gasteiger partial charge in [0.1, 0.15) is 5.54 Å². The SMILES string of the molecule is CC(=O)O[C@@]12C(=O)C(c3ccccc3)=C(C(=O)c3ccccc3)[C@@]13NS(=O)C[C@]31CC[C@H]2C1(C)C. The molecule has 5 atom stereocenters. The van der Waals surface area contributed by atoms with Crippen molar-refractivity contribution in [3.63, 3.8) is 0 Å². The molecular weight excluding hydrogens is 462 g/mol. The van der Waals surface area contributed by atoms with Crippen LogP contribution in [0.1, 0.15) is 49.5 Å². The van der Waals surface area contributed by atoms with E-state index >= 15 is 0 Å². The van der Waals surface area contributed by atoms with Crippen LogP contribution in [0.3, 0.4) is 0 Å². The van der Waals surface area contributed by atoms with Gasteiger partial charge < -0.3 is 4.74 Å². The van der Waals surface area contributed by atoms with Gasteiger partial charge >= 0.3 is 5.97 Å². The normalized spacial score (nSPS) is 36.3. The Hall–Kier alpha value is -2.90. The summed E-state index contributed by atoms with van der Waals surface area (Å²) in [5.74, 6) is -1.29. The van der Waals surface area contributed by atoms with Crippen LogP contribution in [0.25, 0.3) is 5.57 Å². The largest absolute Gasteiger partial charge is 0.448 e. The van der Waals surface area contributed by atoms with Gasteiger partial charge in [0.15, 0.2) is 5.78 Å². The first kappa shape index (κ1) is 22.6. The van der Waals surface area contributed by atoms with Crippen molar-refractivity contribution in [2.24, 2.45) is 16.7 Å². The van der Waals surface area contributed by atoms with E-state index in [2.05, 4.69) is 18.6 Å². The molecule has 3 aliphatic carbocycles. The smallest absolute Gasteiger partial charge is 0.303 e. The molecule has 4 aliphatic rings. The Balaban J connectivity index is 1.76. The van der Waals surface area contributed by atoms with Crippen molar-refractivity contribution in [3.05, 3.63) is 77.4 Å². The minimum atomic E-state index is -1.64. The maximum atomic E-state index is 14.7. The van der Waals surface area contributed by atoms with E-state index < -0.39 is 38.9 Å². The molecule has 1 heterocycles. The first-order chi connectivity index (χ1) is 16.6. The number of nitrogens with one attached hydrogen (secondary N) is 1. The van der Waals surface area contributed by atoms with Crippen molar-refractivity contribution >= 4 is 34.1 Å². The summed E-state index contributed by atoms with van der Waals surface area (Å²) in [6, 6.07) is 17.9. The van der Waals surface area contributed by atoms with Crippen LogP contribution in [0, 0.1) is 16.7 Å². The Kier molecular flexibility index (Phi) is 4.56. The maximum Gasteiger partial charge on any atom is 0.303 e. The lowest BCUT2D eigenvalue weighted by Gasteiger charge is -2.49. The van der Waals surface area contributed by atoms with Gasteiger partial charge in [-0.15, -0.1) is 0 Å². The zero-order chi connectivity index (χ0) is 24.8. The van der Waals surface area contributed by atoms with Crippen LogP contribution in [-0.2, 0) is 25.3 Å². The van der Waals surface area contributed by atoms with Crippen LogP contribution in [0.2, 0.25) is 0 Å². The molecule has 0 radical (unpaired) electrons. The van der Waals surface area contributed by atoms with Crippen molar-refractivity contribution in [1.29, 1.82) is 0 Å². The van der Waals surface area contributed by atoms with E-state index in [-0.39, 0.29) is 28.6 Å². The highest BCUT2D eigenvalue weighted by molar-refractivity contribution is 7.83. The molecule has 1 aliphatic heterocycles. The number of Topliss-reactive ketones (excluding diaryl/α,β-unsaturated/α-hetero) is 2. The monoisotopic (exact) mass is 489 g/mol. The highest BCUT2D eigenvalue weighted by Gasteiger charge is 2.91. The molecule has 2 aromatic carbocycles. The van der Waals surface area contributed by atoms with Crippen molar-refractivity contribution in [2.75, 3.05) is 5.75 Å². The Bertz CT molecular complexity index is 1350. The number of carbonyl (C=O) groups excluding carboxylic acids is 3. The molecule has 7 heteroatoms. The average molecular weight is 490 g/mol. The Morgan fingerprint density at radius 1 is 1.03 bits per heavy atom. The number of benzene rings is 2. The van der Waals surface area contributed by atoms with Gasteiger partial charge in [-0.2, -0.15) is 0 Å². The first-order valence-electron chi connectivity index (χ1n) is 11.9. The van der Waals surface area contributed by atoms with Crippen molar-refractivity contribution in [3.8, 4) is 0 Å². The maximum absolute atomic E-state index is 14.7. The first-order valence-corrected chi connectivity index (χ1v) is 13.3. The van der Waals surface area contributed by atoms with Crippen LogP contribution in [0.5, 0.6) is 0 Å². The fourth-order valence-corrected chi connectivity index (χ4v) is 10.0. The summed E-state index contributed by atoms with van der Waals surface area (Å²) < 4.78 is 22.7. The van der Waals surface area contributed by atoms with Gasteiger partial charge in [-0.1, -0.05) is 74.5 Å². The second-order valence-corrected chi connectivity index (χ2v) is 11.9. The highest BCUT2D eigenvalue weighted by atomic mass is 32.2. The third kappa shape index (κ3) is 2.38. The fraction of sp³-hybridized carbons (Fsp3) is 0.393. The van der Waals surface area contributed by atoms with E-state index in [4.69, 9.17) is 4.74 Å². The molecule has 6 nitrogen and oxygen atoms in total. The van der Waals surface area contributed by atoms with Crippen molar-refractivity contribution in [1.82, 2.24) is 4.72 Å². The van der Waals surface area contributed by atoms with Crippen molar-refractivity contribution < 1.29 is 23.3 Å². The lowest BCUT2D eigenvalue weighted by atomic mass is 9.58. The zero-order valence-electron chi connectivity index (χ0n) is 19.9. The number of rotatable bonds is 4. The molecule has 0 amide bonds. The molecule has 1 saturated heterocycles. The molecule has 2 saturated carbocycles. The predicted octanol–water partition coefficient (Wildman–Crippen LogP) is 3.65. The summed E-state index contributed by atoms with van der Waals surface area (Å²) >= 11 is 0. The van der Waals surface area contributed by atoms with Gasteiger partial charge in [0.2, 0.25) is 11.4 Å². The number of fused-ring (bicyclic) bond motifs is 2. The molecule has 2 spiro atoms. The standard InChI is InChI=1S/C28H27NO5S/c1-17(30)34-27-20-14-15-26(25(20,2)3)16-35(33)29-28(26,27)22(23(31)19-12-8-5-9-13-19)21(24(27)32)18-10-6-4-7-11-18/h4-13,20,29H,14-16H2,1-3H3/t20-,26-,27-,28-,35?/m0/s1. The van der Waals surface area contributed by atoms with Crippen LogP contribution < -0.4 is 4.72 Å². The van der Waals surface area contributed by atoms with Crippen LogP contribution in [0.15, 0.2) is 66.2 Å². The zero-order valence-corrected chi connectivity index (χ0v) is 20.7. The number of hydrogen-bond acceptors (Lipinski definition) is 5. The summed E-state index contributed by atoms with van der Waals surface area (Å²) in [4.78, 5) is 41.7. The Morgan fingerprint density at radius 2 is 1.66 bits per heavy atom. The van der Waals surface area contributed by atoms with E-state index in [9.17, 15) is 18.6 Å². The van der Waals surface area contributed by atoms with Gasteiger partial charge in [-0.05, 0) is 23.8 Å². The summed E-state index contributed by atoms with van der Waals surface area (Å²) in [6.07, 6.45) is 1.34. The van der Waals surface area contributed by atoms with Gasteiger partial charge in [0.25, 0.3) is 0 Å². The van der Waals surface area contributed by atoms with Crippen molar-refractivity contribution in [2.45, 2.75) is 44.8 Å². The third-order valence-electron chi connectivity index (χ3n) is 9.19. The van der Waals surface area contributed by atoms with E-state index in [1.807, 2.05) is 24.3 Å². The average Bonchev–Trinajstić information content (AvgIpc) is 3.40. The second kappa shape index (κ2) is 7.08. The number of hydrogen-bond donors (Lipinski definition) is 1. The molecule has 3 fully saturated rings. The van der Waals surface area contributed by atoms with Crippen LogP contribution >= 0.6 is 0 Å². The van der Waals surface area contributed by atoms with Crippen LogP contribution in [0.4, 0.5) is 0 Å². The lowest BCUT2D eigenvalue weighted by molar-refractivity contribution is -0.177. The highest BCUT2D eigenvalue weighted by Crippen LogP contribution is 2.80. The minimum absolute atomic E-state index is 0.263. The predicted molar refractivity (Wildman–Crippen MR) is 131 cm³/mol. The minimum Gasteiger partial charge on any atom is -0.448 e. The quantitative estimate of drug-likeness (QED) is 0.523. The van der Waals surface area contributed by atoms with E-state index in [1.54, 1.807) is 36.4 Å². The summed E-state index contributed by atoms with van der Waals surface area (Å²) in [6.45, 7) is 5.44. The van der Waals surface area contributed by atoms with Gasteiger partial charge in [0.05, 0.1) is 11.0 Å². The van der Waals surface area contributed by atoms with Gasteiger partial charge in [-0.25, -0.2) is 8.93 Å². The fourth-order valence-electron chi connectivity index (χ4n) is 7.99. The summed E-state index contributed by atoms with van der Waals surface area (Å²) in [5.41, 5.74) is -2.64. The van der Waals surface area contributed by atoms with E-state index in [1.165, 1.54) is 6.92 Å². The molecule has 1 unspecified atom stereocenters. The van der Waals surface area contributed by atoms with Crippen LogP contribution in [-0.4, -0.2) is 38.6 Å². The molecule has 2 bridgehead atoms. The van der Waals surface area contributed by atoms with Gasteiger partial charge in [-0.3, -0.25) is 14.4 Å².